The summed E-state index contributed by atoms with van der Waals surface area (Å²) in [5.74, 6) is 0. The van der Waals surface area contributed by atoms with Gasteiger partial charge in [0.1, 0.15) is 0 Å². The third-order valence-electron chi connectivity index (χ3n) is 2.39. The van der Waals surface area contributed by atoms with Crippen molar-refractivity contribution in [2.75, 3.05) is 0 Å². The SMILES string of the molecule is C/C=C\C1=C(C)C(N)CCC1.CC. The van der Waals surface area contributed by atoms with Gasteiger partial charge in [0.05, 0.1) is 0 Å². The Balaban J connectivity index is 0.000000671. The zero-order valence-electron chi connectivity index (χ0n) is 9.43. The van der Waals surface area contributed by atoms with Crippen LogP contribution in [-0.4, -0.2) is 6.04 Å². The number of hydrogen-bond acceptors (Lipinski definition) is 1. The van der Waals surface area contributed by atoms with Crippen molar-refractivity contribution in [3.8, 4) is 0 Å². The van der Waals surface area contributed by atoms with Crippen molar-refractivity contribution < 1.29 is 0 Å². The normalized spacial score (nSPS) is 23.0. The van der Waals surface area contributed by atoms with Gasteiger partial charge < -0.3 is 5.73 Å². The van der Waals surface area contributed by atoms with Crippen LogP contribution in [0.4, 0.5) is 0 Å². The van der Waals surface area contributed by atoms with Crippen molar-refractivity contribution in [3.05, 3.63) is 23.3 Å². The Hall–Kier alpha value is -0.560. The summed E-state index contributed by atoms with van der Waals surface area (Å²) in [7, 11) is 0. The molecule has 0 aromatic heterocycles. The molecule has 1 atom stereocenters. The number of hydrogen-bond donors (Lipinski definition) is 1. The van der Waals surface area contributed by atoms with E-state index < -0.39 is 0 Å². The molecule has 0 aromatic rings. The summed E-state index contributed by atoms with van der Waals surface area (Å²) in [6, 6.07) is 0.315. The molecule has 0 saturated heterocycles. The fraction of sp³-hybridized carbons (Fsp3) is 0.667. The molecule has 0 amide bonds. The van der Waals surface area contributed by atoms with Gasteiger partial charge in [0.25, 0.3) is 0 Å². The summed E-state index contributed by atoms with van der Waals surface area (Å²) >= 11 is 0. The quantitative estimate of drug-likeness (QED) is 0.659. The molecule has 2 N–H and O–H groups in total. The second-order valence-corrected chi connectivity index (χ2v) is 3.21. The van der Waals surface area contributed by atoms with Crippen molar-refractivity contribution >= 4 is 0 Å². The van der Waals surface area contributed by atoms with E-state index in [0.717, 1.165) is 6.42 Å². The molecule has 0 heterocycles. The molecule has 0 aliphatic heterocycles. The first-order valence-corrected chi connectivity index (χ1v) is 5.33. The fourth-order valence-electron chi connectivity index (χ4n) is 1.58. The lowest BCUT2D eigenvalue weighted by atomic mass is 9.89. The molecular weight excluding hydrogens is 158 g/mol. The van der Waals surface area contributed by atoms with Gasteiger partial charge in [-0.2, -0.15) is 0 Å². The summed E-state index contributed by atoms with van der Waals surface area (Å²) in [5.41, 5.74) is 8.74. The van der Waals surface area contributed by atoms with Crippen LogP contribution in [0.5, 0.6) is 0 Å². The third kappa shape index (κ3) is 3.77. The van der Waals surface area contributed by atoms with E-state index in [1.54, 1.807) is 0 Å². The Kier molecular flexibility index (Phi) is 6.61. The first kappa shape index (κ1) is 12.4. The van der Waals surface area contributed by atoms with Crippen molar-refractivity contribution in [1.29, 1.82) is 0 Å². The summed E-state index contributed by atoms with van der Waals surface area (Å²) < 4.78 is 0. The Morgan fingerprint density at radius 2 is 2.00 bits per heavy atom. The summed E-state index contributed by atoms with van der Waals surface area (Å²) in [6.45, 7) is 8.21. The van der Waals surface area contributed by atoms with E-state index in [1.807, 2.05) is 13.8 Å². The second-order valence-electron chi connectivity index (χ2n) is 3.21. The maximum absolute atomic E-state index is 5.91. The van der Waals surface area contributed by atoms with E-state index in [2.05, 4.69) is 26.0 Å². The minimum absolute atomic E-state index is 0.315. The Bertz CT molecular complexity index is 189. The minimum Gasteiger partial charge on any atom is -0.324 e. The Morgan fingerprint density at radius 3 is 2.54 bits per heavy atom. The molecule has 1 nitrogen and oxygen atoms in total. The van der Waals surface area contributed by atoms with Crippen molar-refractivity contribution in [2.24, 2.45) is 5.73 Å². The van der Waals surface area contributed by atoms with E-state index in [1.165, 1.54) is 24.0 Å². The molecule has 0 saturated carbocycles. The van der Waals surface area contributed by atoms with Gasteiger partial charge in [-0.15, -0.1) is 0 Å². The van der Waals surface area contributed by atoms with E-state index >= 15 is 0 Å². The van der Waals surface area contributed by atoms with Crippen LogP contribution in [0, 0.1) is 0 Å². The Morgan fingerprint density at radius 1 is 1.38 bits per heavy atom. The van der Waals surface area contributed by atoms with Crippen LogP contribution in [0.1, 0.15) is 47.0 Å². The summed E-state index contributed by atoms with van der Waals surface area (Å²) in [5, 5.41) is 0. The van der Waals surface area contributed by atoms with Crippen LogP contribution in [0.25, 0.3) is 0 Å². The standard InChI is InChI=1S/C10H17N.C2H6/c1-3-5-9-6-4-7-10(11)8(9)2;1-2/h3,5,10H,4,6-7,11H2,1-2H3;1-2H3/b5-3-;. The first-order valence-electron chi connectivity index (χ1n) is 5.33. The summed E-state index contributed by atoms with van der Waals surface area (Å²) in [4.78, 5) is 0. The molecule has 0 radical (unpaired) electrons. The number of rotatable bonds is 1. The van der Waals surface area contributed by atoms with Crippen LogP contribution in [-0.2, 0) is 0 Å². The average Bonchev–Trinajstić information content (AvgIpc) is 2.17. The molecule has 0 spiro atoms. The lowest BCUT2D eigenvalue weighted by Gasteiger charge is -2.21. The van der Waals surface area contributed by atoms with Gasteiger partial charge in [-0.1, -0.05) is 31.6 Å². The van der Waals surface area contributed by atoms with Gasteiger partial charge in [0, 0.05) is 6.04 Å². The van der Waals surface area contributed by atoms with Gasteiger partial charge in [-0.05, 0) is 38.7 Å². The van der Waals surface area contributed by atoms with Crippen LogP contribution < -0.4 is 5.73 Å². The molecular formula is C12H23N. The number of allylic oxidation sites excluding steroid dienone is 3. The molecule has 0 aromatic carbocycles. The van der Waals surface area contributed by atoms with E-state index in [4.69, 9.17) is 5.73 Å². The van der Waals surface area contributed by atoms with Crippen LogP contribution >= 0.6 is 0 Å². The molecule has 1 unspecified atom stereocenters. The average molecular weight is 181 g/mol. The smallest absolute Gasteiger partial charge is 0.0256 e. The second kappa shape index (κ2) is 6.90. The topological polar surface area (TPSA) is 26.0 Å². The van der Waals surface area contributed by atoms with Gasteiger partial charge in [-0.25, -0.2) is 0 Å². The maximum Gasteiger partial charge on any atom is 0.0256 e. The van der Waals surface area contributed by atoms with Gasteiger partial charge in [0.2, 0.25) is 0 Å². The predicted molar refractivity (Wildman–Crippen MR) is 60.7 cm³/mol. The molecule has 0 fully saturated rings. The van der Waals surface area contributed by atoms with Crippen LogP contribution in [0.2, 0.25) is 0 Å². The van der Waals surface area contributed by atoms with Gasteiger partial charge in [-0.3, -0.25) is 0 Å². The third-order valence-corrected chi connectivity index (χ3v) is 2.39. The first-order chi connectivity index (χ1) is 6.25. The number of nitrogens with two attached hydrogens (primary N) is 1. The van der Waals surface area contributed by atoms with E-state index in [0.29, 0.717) is 6.04 Å². The highest BCUT2D eigenvalue weighted by Crippen LogP contribution is 2.24. The molecule has 13 heavy (non-hydrogen) atoms. The van der Waals surface area contributed by atoms with Crippen molar-refractivity contribution in [2.45, 2.75) is 53.0 Å². The largest absolute Gasteiger partial charge is 0.324 e. The maximum atomic E-state index is 5.91. The van der Waals surface area contributed by atoms with Gasteiger partial charge in [0.15, 0.2) is 0 Å². The monoisotopic (exact) mass is 181 g/mol. The fourth-order valence-corrected chi connectivity index (χ4v) is 1.58. The van der Waals surface area contributed by atoms with Crippen LogP contribution in [0.3, 0.4) is 0 Å². The zero-order chi connectivity index (χ0) is 10.3. The molecule has 1 aliphatic carbocycles. The van der Waals surface area contributed by atoms with Crippen molar-refractivity contribution in [3.63, 3.8) is 0 Å². The van der Waals surface area contributed by atoms with Crippen LogP contribution in [0.15, 0.2) is 23.3 Å². The zero-order valence-corrected chi connectivity index (χ0v) is 9.43. The predicted octanol–water partition coefficient (Wildman–Crippen LogP) is 3.42. The molecule has 0 bridgehead atoms. The lowest BCUT2D eigenvalue weighted by molar-refractivity contribution is 0.602. The molecule has 1 heteroatoms. The molecule has 1 rings (SSSR count). The molecule has 1 aliphatic rings. The van der Waals surface area contributed by atoms with E-state index in [-0.39, 0.29) is 0 Å². The highest BCUT2D eigenvalue weighted by atomic mass is 14.6. The highest BCUT2D eigenvalue weighted by molar-refractivity contribution is 5.29. The minimum atomic E-state index is 0.315. The lowest BCUT2D eigenvalue weighted by Crippen LogP contribution is -2.25. The molecule has 76 valence electrons. The highest BCUT2D eigenvalue weighted by Gasteiger charge is 2.13. The van der Waals surface area contributed by atoms with E-state index in [9.17, 15) is 0 Å². The van der Waals surface area contributed by atoms with Gasteiger partial charge >= 0.3 is 0 Å². The Labute approximate surface area is 82.7 Å². The van der Waals surface area contributed by atoms with Crippen molar-refractivity contribution in [1.82, 2.24) is 0 Å². The summed E-state index contributed by atoms with van der Waals surface area (Å²) in [6.07, 6.45) is 7.90.